The molecule has 1 aliphatic carbocycles. The molecule has 0 saturated heterocycles. The summed E-state index contributed by atoms with van der Waals surface area (Å²) in [6, 6.07) is 20.3. The molecule has 2 aliphatic rings. The fraction of sp³-hybridized carbons (Fsp3) is 0.226. The summed E-state index contributed by atoms with van der Waals surface area (Å²) in [5.41, 5.74) is 8.30. The first-order valence-electron chi connectivity index (χ1n) is 13.9. The van der Waals surface area contributed by atoms with Gasteiger partial charge in [-0.3, -0.25) is 9.99 Å². The van der Waals surface area contributed by atoms with Gasteiger partial charge >= 0.3 is 0 Å². The van der Waals surface area contributed by atoms with Crippen molar-refractivity contribution in [2.75, 3.05) is 22.6 Å². The van der Waals surface area contributed by atoms with Gasteiger partial charge in [-0.15, -0.1) is 5.53 Å². The van der Waals surface area contributed by atoms with Crippen LogP contribution in [0.25, 0.3) is 10.9 Å². The van der Waals surface area contributed by atoms with Gasteiger partial charge in [-0.25, -0.2) is 12.8 Å². The molecule has 4 N–H and O–H groups in total. The van der Waals surface area contributed by atoms with Crippen LogP contribution in [-0.2, 0) is 15.3 Å². The maximum absolute atomic E-state index is 13.9. The normalized spacial score (nSPS) is 16.9. The molecule has 2 heterocycles. The van der Waals surface area contributed by atoms with Gasteiger partial charge < -0.3 is 16.1 Å². The van der Waals surface area contributed by atoms with Crippen molar-refractivity contribution in [1.29, 1.82) is 5.26 Å². The highest BCUT2D eigenvalue weighted by molar-refractivity contribution is 7.90. The van der Waals surface area contributed by atoms with Crippen LogP contribution >= 0.6 is 11.6 Å². The molecule has 0 amide bonds. The minimum atomic E-state index is -3.42. The lowest BCUT2D eigenvalue weighted by Crippen LogP contribution is -2.45. The Kier molecular flexibility index (Phi) is 7.88. The van der Waals surface area contributed by atoms with Gasteiger partial charge in [0.2, 0.25) is 0 Å². The van der Waals surface area contributed by atoms with E-state index in [1.807, 2.05) is 41.5 Å². The van der Waals surface area contributed by atoms with Crippen LogP contribution in [-0.4, -0.2) is 44.3 Å². The first-order chi connectivity index (χ1) is 21.0. The van der Waals surface area contributed by atoms with E-state index in [1.54, 1.807) is 24.3 Å². The number of fused-ring (bicyclic) bond motifs is 1. The zero-order valence-corrected chi connectivity index (χ0v) is 25.3. The van der Waals surface area contributed by atoms with E-state index in [0.29, 0.717) is 39.6 Å². The molecule has 4 aromatic rings. The number of benzene rings is 3. The summed E-state index contributed by atoms with van der Waals surface area (Å²) in [6.07, 6.45) is 6.56. The van der Waals surface area contributed by atoms with E-state index in [0.717, 1.165) is 18.4 Å². The Labute approximate surface area is 261 Å². The van der Waals surface area contributed by atoms with Crippen molar-refractivity contribution in [3.05, 3.63) is 112 Å². The molecular weight excluding hydrogens is 600 g/mol. The Morgan fingerprint density at radius 2 is 1.93 bits per heavy atom. The number of pyridine rings is 1. The number of nitrogens with one attached hydrogen (secondary N) is 4. The Balaban J connectivity index is 1.46. The minimum Gasteiger partial charge on any atom is -0.378 e. The fourth-order valence-electron chi connectivity index (χ4n) is 5.27. The Bertz CT molecular complexity index is 1900. The van der Waals surface area contributed by atoms with Gasteiger partial charge in [-0.2, -0.15) is 5.26 Å². The van der Waals surface area contributed by atoms with Crippen LogP contribution in [0.1, 0.15) is 35.6 Å². The standard InChI is InChI=1S/C31H28BClFN7O2S/c1-44(42,43)18-27(19-5-3-2-4-6-19)37-29-20(15-35)16-36-30-25(29)13-23(14-26(30)33)38-31(32,21-7-9-22(34)10-8-21)28-17-41(40-39-28)24-11-12-24/h2-10,13-14,16-17,24,27,38-40H,11-12,18H2,1H3,(H,36,37)/t27-,31?/m1/s1. The second-order valence-electron chi connectivity index (χ2n) is 11.1. The first-order valence-corrected chi connectivity index (χ1v) is 16.3. The third-order valence-corrected chi connectivity index (χ3v) is 8.86. The van der Waals surface area contributed by atoms with Gasteiger partial charge in [0.15, 0.2) is 0 Å². The summed E-state index contributed by atoms with van der Waals surface area (Å²) in [7, 11) is 3.66. The van der Waals surface area contributed by atoms with Gasteiger partial charge in [0.25, 0.3) is 0 Å². The van der Waals surface area contributed by atoms with Crippen molar-refractivity contribution in [3.63, 3.8) is 0 Å². The van der Waals surface area contributed by atoms with Crippen LogP contribution in [0, 0.1) is 17.1 Å². The van der Waals surface area contributed by atoms with Gasteiger partial charge in [-0.05, 0) is 48.2 Å². The van der Waals surface area contributed by atoms with Crippen molar-refractivity contribution in [1.82, 2.24) is 21.0 Å². The Hall–Kier alpha value is -4.31. The third kappa shape index (κ3) is 6.17. The summed E-state index contributed by atoms with van der Waals surface area (Å²) in [5.74, 6) is -0.609. The van der Waals surface area contributed by atoms with Crippen LogP contribution < -0.4 is 21.6 Å². The molecule has 13 heteroatoms. The molecule has 0 bridgehead atoms. The van der Waals surface area contributed by atoms with Crippen LogP contribution in [0.2, 0.25) is 5.02 Å². The van der Waals surface area contributed by atoms with E-state index in [2.05, 4.69) is 32.6 Å². The van der Waals surface area contributed by atoms with Gasteiger partial charge in [0.1, 0.15) is 29.6 Å². The largest absolute Gasteiger partial charge is 0.378 e. The molecule has 222 valence electrons. The number of nitrogens with zero attached hydrogens (tertiary/aromatic N) is 3. The highest BCUT2D eigenvalue weighted by Gasteiger charge is 2.38. The molecule has 44 heavy (non-hydrogen) atoms. The number of sulfone groups is 1. The molecule has 9 nitrogen and oxygen atoms in total. The van der Waals surface area contributed by atoms with E-state index in [9.17, 15) is 18.1 Å². The summed E-state index contributed by atoms with van der Waals surface area (Å²) in [4.78, 5) is 4.43. The second-order valence-corrected chi connectivity index (χ2v) is 13.7. The van der Waals surface area contributed by atoms with E-state index >= 15 is 0 Å². The fourth-order valence-corrected chi connectivity index (χ4v) is 6.42. The average Bonchev–Trinajstić information content (AvgIpc) is 3.72. The topological polar surface area (TPSA) is 122 Å². The van der Waals surface area contributed by atoms with Crippen molar-refractivity contribution in [2.24, 2.45) is 0 Å². The van der Waals surface area contributed by atoms with Crippen LogP contribution in [0.15, 0.2) is 84.8 Å². The lowest BCUT2D eigenvalue weighted by atomic mass is 9.69. The molecule has 1 saturated carbocycles. The molecule has 1 unspecified atom stereocenters. The van der Waals surface area contributed by atoms with Gasteiger partial charge in [0.05, 0.1) is 44.7 Å². The predicted molar refractivity (Wildman–Crippen MR) is 171 cm³/mol. The van der Waals surface area contributed by atoms with Crippen LogP contribution in [0.5, 0.6) is 0 Å². The predicted octanol–water partition coefficient (Wildman–Crippen LogP) is 4.86. The SMILES string of the molecule is [B]C(Nc1cc(Cl)c2ncc(C#N)c(N[C@H](CS(C)(=O)=O)c3ccccc3)c2c1)(C1=CN(C2CC2)NN1)c1ccc(F)cc1. The molecule has 1 aliphatic heterocycles. The van der Waals surface area contributed by atoms with Crippen molar-refractivity contribution in [3.8, 4) is 6.07 Å². The number of hydrogen-bond donors (Lipinski definition) is 4. The van der Waals surface area contributed by atoms with Crippen molar-refractivity contribution >= 4 is 51.6 Å². The quantitative estimate of drug-likeness (QED) is 0.183. The monoisotopic (exact) mass is 627 g/mol. The molecule has 0 spiro atoms. The zero-order chi connectivity index (χ0) is 31.1. The highest BCUT2D eigenvalue weighted by Crippen LogP contribution is 2.39. The number of halogens is 2. The lowest BCUT2D eigenvalue weighted by molar-refractivity contribution is 0.260. The maximum Gasteiger partial charge on any atom is 0.149 e. The molecular formula is C31H28BClFN7O2S. The summed E-state index contributed by atoms with van der Waals surface area (Å²) in [5, 5.41) is 19.4. The highest BCUT2D eigenvalue weighted by atomic mass is 35.5. The maximum atomic E-state index is 13.9. The number of nitriles is 1. The summed E-state index contributed by atoms with van der Waals surface area (Å²) in [6.45, 7) is 0. The lowest BCUT2D eigenvalue weighted by Gasteiger charge is -2.34. The molecule has 1 aromatic heterocycles. The van der Waals surface area contributed by atoms with E-state index < -0.39 is 27.1 Å². The van der Waals surface area contributed by atoms with Gasteiger partial charge in [0, 0.05) is 35.8 Å². The first kappa shape index (κ1) is 29.8. The number of hydrogen-bond acceptors (Lipinski definition) is 9. The van der Waals surface area contributed by atoms with E-state index in [1.165, 1.54) is 24.6 Å². The molecule has 6 rings (SSSR count). The Morgan fingerprint density at radius 1 is 1.20 bits per heavy atom. The number of hydrazine groups is 2. The summed E-state index contributed by atoms with van der Waals surface area (Å²) >= 11 is 6.77. The van der Waals surface area contributed by atoms with Crippen molar-refractivity contribution in [2.45, 2.75) is 30.4 Å². The van der Waals surface area contributed by atoms with Crippen molar-refractivity contribution < 1.29 is 12.8 Å². The summed E-state index contributed by atoms with van der Waals surface area (Å²) < 4.78 is 38.8. The third-order valence-electron chi connectivity index (χ3n) is 7.63. The molecule has 2 atom stereocenters. The van der Waals surface area contributed by atoms with Gasteiger partial charge in [-0.1, -0.05) is 54.1 Å². The van der Waals surface area contributed by atoms with Crippen LogP contribution in [0.3, 0.4) is 0 Å². The average molecular weight is 628 g/mol. The number of anilines is 2. The molecule has 3 aromatic carbocycles. The Morgan fingerprint density at radius 3 is 2.59 bits per heavy atom. The molecule has 2 radical (unpaired) electrons. The van der Waals surface area contributed by atoms with Crippen LogP contribution in [0.4, 0.5) is 15.8 Å². The van der Waals surface area contributed by atoms with E-state index in [-0.39, 0.29) is 16.3 Å². The molecule has 1 fully saturated rings. The second kappa shape index (κ2) is 11.7. The number of rotatable bonds is 10. The smallest absolute Gasteiger partial charge is 0.149 e. The van der Waals surface area contributed by atoms with E-state index in [4.69, 9.17) is 19.4 Å². The zero-order valence-electron chi connectivity index (χ0n) is 23.7. The minimum absolute atomic E-state index is 0.210. The number of aromatic nitrogens is 1.